The summed E-state index contributed by atoms with van der Waals surface area (Å²) in [5.74, 6) is 0.0517. The third kappa shape index (κ3) is 9.56. The highest BCUT2D eigenvalue weighted by molar-refractivity contribution is 9.09. The quantitative estimate of drug-likeness (QED) is 0.422. The van der Waals surface area contributed by atoms with Crippen molar-refractivity contribution in [2.24, 2.45) is 0 Å². The molecule has 0 atom stereocenters. The Labute approximate surface area is 87.7 Å². The van der Waals surface area contributed by atoms with Gasteiger partial charge < -0.3 is 10.1 Å². The molecule has 1 N–H and O–H groups in total. The Hall–Kier alpha value is -0.350. The van der Waals surface area contributed by atoms with Crippen LogP contribution in [-0.4, -0.2) is 31.0 Å². The van der Waals surface area contributed by atoms with Crippen LogP contribution in [0.15, 0.2) is 12.2 Å². The van der Waals surface area contributed by atoms with E-state index in [1.165, 1.54) is 0 Å². The van der Waals surface area contributed by atoms with Gasteiger partial charge in [-0.3, -0.25) is 4.79 Å². The molecule has 0 fully saturated rings. The minimum Gasteiger partial charge on any atom is -0.375 e. The third-order valence-electron chi connectivity index (χ3n) is 1.24. The van der Waals surface area contributed by atoms with Crippen LogP contribution in [0.5, 0.6) is 0 Å². The molecule has 0 rings (SSSR count). The van der Waals surface area contributed by atoms with Gasteiger partial charge >= 0.3 is 0 Å². The minimum atomic E-state index is 0.0517. The molecule has 0 radical (unpaired) electrons. The molecule has 0 spiro atoms. The van der Waals surface area contributed by atoms with Gasteiger partial charge in [-0.25, -0.2) is 0 Å². The second-order valence-corrected chi connectivity index (χ2v) is 3.59. The largest absolute Gasteiger partial charge is 0.375 e. The molecule has 0 aromatic carbocycles. The summed E-state index contributed by atoms with van der Waals surface area (Å²) in [7, 11) is 0. The van der Waals surface area contributed by atoms with Gasteiger partial charge in [0, 0.05) is 18.3 Å². The van der Waals surface area contributed by atoms with Crippen LogP contribution in [0.4, 0.5) is 0 Å². The van der Waals surface area contributed by atoms with Crippen molar-refractivity contribution in [3.05, 3.63) is 12.2 Å². The zero-order chi connectivity index (χ0) is 10.1. The third-order valence-corrected chi connectivity index (χ3v) is 1.64. The summed E-state index contributed by atoms with van der Waals surface area (Å²) in [6, 6.07) is 0. The molecule has 0 aromatic rings. The van der Waals surface area contributed by atoms with E-state index in [0.717, 1.165) is 5.57 Å². The number of halogens is 1. The predicted molar refractivity (Wildman–Crippen MR) is 57.1 cm³/mol. The summed E-state index contributed by atoms with van der Waals surface area (Å²) >= 11 is 3.19. The lowest BCUT2D eigenvalue weighted by Gasteiger charge is -2.05. The average molecular weight is 250 g/mol. The van der Waals surface area contributed by atoms with E-state index in [4.69, 9.17) is 4.74 Å². The number of ether oxygens (including phenoxy) is 1. The Kier molecular flexibility index (Phi) is 8.04. The molecule has 0 bridgehead atoms. The van der Waals surface area contributed by atoms with Crippen LogP contribution in [0.2, 0.25) is 0 Å². The lowest BCUT2D eigenvalue weighted by atomic mass is 10.4. The van der Waals surface area contributed by atoms with Crippen molar-refractivity contribution < 1.29 is 9.53 Å². The summed E-state index contributed by atoms with van der Waals surface area (Å²) in [4.78, 5) is 10.9. The highest BCUT2D eigenvalue weighted by atomic mass is 79.9. The van der Waals surface area contributed by atoms with Crippen LogP contribution >= 0.6 is 15.9 Å². The first kappa shape index (κ1) is 12.7. The molecule has 1 amide bonds. The highest BCUT2D eigenvalue weighted by Crippen LogP contribution is 1.88. The Morgan fingerprint density at radius 1 is 1.62 bits per heavy atom. The van der Waals surface area contributed by atoms with Crippen molar-refractivity contribution in [1.29, 1.82) is 0 Å². The number of hydrogen-bond acceptors (Lipinski definition) is 2. The van der Waals surface area contributed by atoms with Crippen LogP contribution in [0.3, 0.4) is 0 Å². The normalized spacial score (nSPS) is 9.69. The molecule has 0 unspecified atom stereocenters. The van der Waals surface area contributed by atoms with Gasteiger partial charge in [-0.2, -0.15) is 0 Å². The Bertz CT molecular complexity index is 171. The maximum absolute atomic E-state index is 10.9. The van der Waals surface area contributed by atoms with Crippen LogP contribution < -0.4 is 5.32 Å². The van der Waals surface area contributed by atoms with E-state index >= 15 is 0 Å². The second kappa shape index (κ2) is 8.26. The van der Waals surface area contributed by atoms with Crippen LogP contribution in [0.25, 0.3) is 0 Å². The van der Waals surface area contributed by atoms with Gasteiger partial charge in [0.15, 0.2) is 0 Å². The summed E-state index contributed by atoms with van der Waals surface area (Å²) in [6.45, 7) is 7.28. The van der Waals surface area contributed by atoms with Crippen molar-refractivity contribution in [2.45, 2.75) is 13.3 Å². The molecule has 76 valence electrons. The molecule has 13 heavy (non-hydrogen) atoms. The lowest BCUT2D eigenvalue weighted by molar-refractivity contribution is -0.120. The number of amides is 1. The number of hydrogen-bond donors (Lipinski definition) is 1. The van der Waals surface area contributed by atoms with E-state index < -0.39 is 0 Å². The predicted octanol–water partition coefficient (Wildman–Crippen LogP) is 1.48. The lowest BCUT2D eigenvalue weighted by Crippen LogP contribution is -2.27. The van der Waals surface area contributed by atoms with E-state index in [9.17, 15) is 4.79 Å². The molecule has 0 saturated carbocycles. The van der Waals surface area contributed by atoms with Gasteiger partial charge in [0.05, 0.1) is 13.2 Å². The van der Waals surface area contributed by atoms with Gasteiger partial charge in [0.2, 0.25) is 5.91 Å². The summed E-state index contributed by atoms with van der Waals surface area (Å²) in [5, 5.41) is 3.43. The maximum atomic E-state index is 10.9. The fraction of sp³-hybridized carbons (Fsp3) is 0.667. The monoisotopic (exact) mass is 249 g/mol. The van der Waals surface area contributed by atoms with E-state index in [1.807, 2.05) is 6.92 Å². The Morgan fingerprint density at radius 2 is 2.31 bits per heavy atom. The average Bonchev–Trinajstić information content (AvgIpc) is 2.03. The number of nitrogens with one attached hydrogen (secondary N) is 1. The van der Waals surface area contributed by atoms with Gasteiger partial charge in [0.1, 0.15) is 0 Å². The fourth-order valence-electron chi connectivity index (χ4n) is 0.683. The Morgan fingerprint density at radius 3 is 2.85 bits per heavy atom. The first-order chi connectivity index (χ1) is 6.16. The van der Waals surface area contributed by atoms with Crippen LogP contribution in [0, 0.1) is 0 Å². The second-order valence-electron chi connectivity index (χ2n) is 2.80. The summed E-state index contributed by atoms with van der Waals surface area (Å²) in [5.41, 5.74) is 0.992. The molecule has 0 saturated heterocycles. The minimum absolute atomic E-state index is 0.0517. The first-order valence-electron chi connectivity index (χ1n) is 4.21. The van der Waals surface area contributed by atoms with Gasteiger partial charge in [0.25, 0.3) is 0 Å². The topological polar surface area (TPSA) is 38.3 Å². The van der Waals surface area contributed by atoms with Gasteiger partial charge in [-0.1, -0.05) is 28.1 Å². The molecule has 0 heterocycles. The van der Waals surface area contributed by atoms with Crippen molar-refractivity contribution in [3.8, 4) is 0 Å². The van der Waals surface area contributed by atoms with Crippen LogP contribution in [0.1, 0.15) is 13.3 Å². The molecule has 3 nitrogen and oxygen atoms in total. The SMILES string of the molecule is C=C(C)COCCNC(=O)CCBr. The number of rotatable bonds is 7. The molecule has 0 aliphatic carbocycles. The van der Waals surface area contributed by atoms with Crippen molar-refractivity contribution >= 4 is 21.8 Å². The van der Waals surface area contributed by atoms with Crippen LogP contribution in [-0.2, 0) is 9.53 Å². The van der Waals surface area contributed by atoms with Crippen molar-refractivity contribution in [2.75, 3.05) is 25.1 Å². The standard InChI is InChI=1S/C9H16BrNO2/c1-8(2)7-13-6-5-11-9(12)3-4-10/h1,3-7H2,2H3,(H,11,12). The molecule has 4 heteroatoms. The highest BCUT2D eigenvalue weighted by Gasteiger charge is 1.97. The van der Waals surface area contributed by atoms with E-state index in [2.05, 4.69) is 27.8 Å². The van der Waals surface area contributed by atoms with E-state index in [0.29, 0.717) is 31.5 Å². The summed E-state index contributed by atoms with van der Waals surface area (Å²) in [6.07, 6.45) is 0.514. The van der Waals surface area contributed by atoms with E-state index in [1.54, 1.807) is 0 Å². The zero-order valence-electron chi connectivity index (χ0n) is 7.94. The first-order valence-corrected chi connectivity index (χ1v) is 5.33. The van der Waals surface area contributed by atoms with Crippen molar-refractivity contribution in [3.63, 3.8) is 0 Å². The smallest absolute Gasteiger partial charge is 0.220 e. The number of carbonyl (C=O) groups excluding carboxylic acids is 1. The molecular weight excluding hydrogens is 234 g/mol. The molecular formula is C9H16BrNO2. The molecule has 0 aliphatic heterocycles. The number of alkyl halides is 1. The van der Waals surface area contributed by atoms with Gasteiger partial charge in [-0.15, -0.1) is 0 Å². The summed E-state index contributed by atoms with van der Waals surface area (Å²) < 4.78 is 5.20. The van der Waals surface area contributed by atoms with Gasteiger partial charge in [-0.05, 0) is 6.92 Å². The maximum Gasteiger partial charge on any atom is 0.220 e. The van der Waals surface area contributed by atoms with E-state index in [-0.39, 0.29) is 5.91 Å². The number of carbonyl (C=O) groups is 1. The molecule has 0 aliphatic rings. The fourth-order valence-corrected chi connectivity index (χ4v) is 1.04. The van der Waals surface area contributed by atoms with Crippen molar-refractivity contribution in [1.82, 2.24) is 5.32 Å². The Balaban J connectivity index is 3.16. The molecule has 0 aromatic heterocycles. The zero-order valence-corrected chi connectivity index (χ0v) is 9.52.